The van der Waals surface area contributed by atoms with E-state index in [1.165, 1.54) is 4.90 Å². The molecule has 1 heterocycles. The first kappa shape index (κ1) is 18.0. The molecule has 0 aromatic carbocycles. The number of amides is 2. The van der Waals surface area contributed by atoms with Gasteiger partial charge in [-0.2, -0.15) is 13.2 Å². The van der Waals surface area contributed by atoms with Crippen molar-refractivity contribution < 1.29 is 22.8 Å². The predicted octanol–water partition coefficient (Wildman–Crippen LogP) is 1.37. The van der Waals surface area contributed by atoms with Crippen LogP contribution in [-0.4, -0.2) is 60.5 Å². The zero-order valence-electron chi connectivity index (χ0n) is 13.1. The fraction of sp³-hybridized carbons (Fsp3) is 0.867. The van der Waals surface area contributed by atoms with Gasteiger partial charge in [-0.05, 0) is 19.3 Å². The lowest BCUT2D eigenvalue weighted by Gasteiger charge is -2.35. The van der Waals surface area contributed by atoms with Gasteiger partial charge in [0.15, 0.2) is 0 Å². The van der Waals surface area contributed by atoms with E-state index in [1.54, 1.807) is 0 Å². The summed E-state index contributed by atoms with van der Waals surface area (Å²) in [4.78, 5) is 27.0. The Balaban J connectivity index is 1.99. The summed E-state index contributed by atoms with van der Waals surface area (Å²) in [6.45, 7) is 2.01. The smallest absolute Gasteiger partial charge is 0.369 e. The van der Waals surface area contributed by atoms with Gasteiger partial charge >= 0.3 is 6.18 Å². The van der Waals surface area contributed by atoms with Crippen LogP contribution in [0.3, 0.4) is 0 Å². The lowest BCUT2D eigenvalue weighted by atomic mass is 9.78. The van der Waals surface area contributed by atoms with Crippen molar-refractivity contribution in [3.63, 3.8) is 0 Å². The number of nitrogens with zero attached hydrogens (tertiary/aromatic N) is 2. The summed E-state index contributed by atoms with van der Waals surface area (Å²) in [5.74, 6) is -3.29. The summed E-state index contributed by atoms with van der Waals surface area (Å²) in [6.07, 6.45) is -2.12. The molecule has 5 nitrogen and oxygen atoms in total. The molecule has 132 valence electrons. The summed E-state index contributed by atoms with van der Waals surface area (Å²) in [5, 5.41) is 0. The third-order valence-corrected chi connectivity index (χ3v) is 4.78. The highest BCUT2D eigenvalue weighted by atomic mass is 19.4. The van der Waals surface area contributed by atoms with Crippen LogP contribution in [0.15, 0.2) is 0 Å². The maximum atomic E-state index is 13.2. The van der Waals surface area contributed by atoms with Crippen LogP contribution in [0.25, 0.3) is 0 Å². The normalized spacial score (nSPS) is 27.5. The first-order valence-electron chi connectivity index (χ1n) is 8.15. The molecule has 0 aromatic heterocycles. The summed E-state index contributed by atoms with van der Waals surface area (Å²) in [5.41, 5.74) is 5.17. The number of rotatable bonds is 3. The van der Waals surface area contributed by atoms with E-state index in [2.05, 4.69) is 0 Å². The van der Waals surface area contributed by atoms with Gasteiger partial charge in [-0.25, -0.2) is 0 Å². The van der Waals surface area contributed by atoms with E-state index < -0.39 is 23.9 Å². The van der Waals surface area contributed by atoms with E-state index in [1.807, 2.05) is 4.90 Å². The number of nitrogens with two attached hydrogens (primary N) is 1. The number of carbonyl (C=O) groups excluding carboxylic acids is 2. The fourth-order valence-corrected chi connectivity index (χ4v) is 3.62. The molecule has 2 fully saturated rings. The quantitative estimate of drug-likeness (QED) is 0.847. The number of hydrogen-bond donors (Lipinski definition) is 1. The van der Waals surface area contributed by atoms with Gasteiger partial charge in [0.1, 0.15) is 0 Å². The Labute approximate surface area is 134 Å². The summed E-state index contributed by atoms with van der Waals surface area (Å²) < 4.78 is 39.5. The van der Waals surface area contributed by atoms with Gasteiger partial charge in [-0.15, -0.1) is 0 Å². The van der Waals surface area contributed by atoms with Crippen molar-refractivity contribution >= 4 is 11.8 Å². The molecule has 2 atom stereocenters. The molecule has 0 spiro atoms. The molecule has 0 unspecified atom stereocenters. The minimum atomic E-state index is -4.31. The van der Waals surface area contributed by atoms with Crippen molar-refractivity contribution in [2.45, 2.75) is 38.3 Å². The summed E-state index contributed by atoms with van der Waals surface area (Å²) in [6, 6.07) is 0. The SMILES string of the molecule is NC(=O)CN1CCCN(C(=O)[C@@H]2CCCC[C@@H]2C(F)(F)F)CC1. The number of hydrogen-bond acceptors (Lipinski definition) is 3. The van der Waals surface area contributed by atoms with Crippen molar-refractivity contribution in [2.24, 2.45) is 17.6 Å². The van der Waals surface area contributed by atoms with E-state index in [9.17, 15) is 22.8 Å². The molecule has 8 heteroatoms. The van der Waals surface area contributed by atoms with E-state index in [4.69, 9.17) is 5.73 Å². The van der Waals surface area contributed by atoms with E-state index in [0.29, 0.717) is 51.9 Å². The Bertz CT molecular complexity index is 442. The first-order valence-corrected chi connectivity index (χ1v) is 8.15. The summed E-state index contributed by atoms with van der Waals surface area (Å²) in [7, 11) is 0. The second-order valence-corrected chi connectivity index (χ2v) is 6.46. The minimum absolute atomic E-state index is 0.0432. The second-order valence-electron chi connectivity index (χ2n) is 6.46. The van der Waals surface area contributed by atoms with Crippen molar-refractivity contribution in [1.82, 2.24) is 9.80 Å². The van der Waals surface area contributed by atoms with E-state index >= 15 is 0 Å². The van der Waals surface area contributed by atoms with Crippen LogP contribution < -0.4 is 5.73 Å². The van der Waals surface area contributed by atoms with Crippen molar-refractivity contribution in [1.29, 1.82) is 0 Å². The molecule has 0 bridgehead atoms. The largest absolute Gasteiger partial charge is 0.392 e. The van der Waals surface area contributed by atoms with Crippen molar-refractivity contribution in [2.75, 3.05) is 32.7 Å². The van der Waals surface area contributed by atoms with Gasteiger partial charge in [-0.3, -0.25) is 14.5 Å². The highest BCUT2D eigenvalue weighted by Crippen LogP contribution is 2.42. The molecule has 2 rings (SSSR count). The van der Waals surface area contributed by atoms with E-state index in [-0.39, 0.29) is 18.9 Å². The predicted molar refractivity (Wildman–Crippen MR) is 78.3 cm³/mol. The zero-order valence-corrected chi connectivity index (χ0v) is 13.1. The van der Waals surface area contributed by atoms with Crippen molar-refractivity contribution in [3.8, 4) is 0 Å². The zero-order chi connectivity index (χ0) is 17.0. The summed E-state index contributed by atoms with van der Waals surface area (Å²) >= 11 is 0. The lowest BCUT2D eigenvalue weighted by Crippen LogP contribution is -2.46. The van der Waals surface area contributed by atoms with Crippen LogP contribution >= 0.6 is 0 Å². The second kappa shape index (κ2) is 7.51. The number of carbonyl (C=O) groups is 2. The van der Waals surface area contributed by atoms with Crippen LogP contribution in [-0.2, 0) is 9.59 Å². The van der Waals surface area contributed by atoms with Gasteiger partial charge in [0.2, 0.25) is 11.8 Å². The Morgan fingerprint density at radius 2 is 1.70 bits per heavy atom. The maximum absolute atomic E-state index is 13.2. The molecule has 1 aliphatic heterocycles. The minimum Gasteiger partial charge on any atom is -0.369 e. The molecule has 2 amide bonds. The fourth-order valence-electron chi connectivity index (χ4n) is 3.62. The van der Waals surface area contributed by atoms with Crippen LogP contribution in [0.5, 0.6) is 0 Å². The van der Waals surface area contributed by atoms with E-state index in [0.717, 1.165) is 0 Å². The maximum Gasteiger partial charge on any atom is 0.392 e. The topological polar surface area (TPSA) is 66.6 Å². The van der Waals surface area contributed by atoms with Crippen LogP contribution in [0.2, 0.25) is 0 Å². The van der Waals surface area contributed by atoms with Gasteiger partial charge in [-0.1, -0.05) is 12.8 Å². The molecular formula is C15H24F3N3O2. The molecule has 0 aromatic rings. The molecule has 1 saturated heterocycles. The molecule has 1 aliphatic carbocycles. The highest BCUT2D eigenvalue weighted by molar-refractivity contribution is 5.79. The third kappa shape index (κ3) is 4.83. The molecule has 0 radical (unpaired) electrons. The number of primary amides is 1. The number of alkyl halides is 3. The average Bonchev–Trinajstić information content (AvgIpc) is 2.70. The third-order valence-electron chi connectivity index (χ3n) is 4.78. The first-order chi connectivity index (χ1) is 10.8. The Hall–Kier alpha value is -1.31. The highest BCUT2D eigenvalue weighted by Gasteiger charge is 2.48. The van der Waals surface area contributed by atoms with Crippen molar-refractivity contribution in [3.05, 3.63) is 0 Å². The van der Waals surface area contributed by atoms with Crippen LogP contribution in [0.4, 0.5) is 13.2 Å². The standard InChI is InChI=1S/C15H24F3N3O2/c16-15(17,18)12-5-2-1-4-11(12)14(23)21-7-3-6-20(8-9-21)10-13(19)22/h11-12H,1-10H2,(H2,19,22)/t11-,12+/m1/s1. The number of halogens is 3. The Morgan fingerprint density at radius 1 is 1.00 bits per heavy atom. The monoisotopic (exact) mass is 335 g/mol. The van der Waals surface area contributed by atoms with Gasteiger partial charge < -0.3 is 10.6 Å². The van der Waals surface area contributed by atoms with Gasteiger partial charge in [0, 0.05) is 32.1 Å². The molecular weight excluding hydrogens is 311 g/mol. The Kier molecular flexibility index (Phi) is 5.89. The molecule has 23 heavy (non-hydrogen) atoms. The van der Waals surface area contributed by atoms with Gasteiger partial charge in [0.05, 0.1) is 12.5 Å². The molecule has 2 aliphatic rings. The Morgan fingerprint density at radius 3 is 2.35 bits per heavy atom. The van der Waals surface area contributed by atoms with Crippen LogP contribution in [0.1, 0.15) is 32.1 Å². The van der Waals surface area contributed by atoms with Crippen LogP contribution in [0, 0.1) is 11.8 Å². The van der Waals surface area contributed by atoms with Gasteiger partial charge in [0.25, 0.3) is 0 Å². The molecule has 1 saturated carbocycles. The average molecular weight is 335 g/mol. The lowest BCUT2D eigenvalue weighted by molar-refractivity contribution is -0.200. The molecule has 2 N–H and O–H groups in total.